The highest BCUT2D eigenvalue weighted by molar-refractivity contribution is 5.65. The highest BCUT2D eigenvalue weighted by Gasteiger charge is 2.09. The Morgan fingerprint density at radius 2 is 1.08 bits per heavy atom. The van der Waals surface area contributed by atoms with Crippen LogP contribution >= 0.6 is 0 Å². The molecule has 0 aliphatic carbocycles. The van der Waals surface area contributed by atoms with Crippen LogP contribution in [-0.4, -0.2) is 0 Å². The summed E-state index contributed by atoms with van der Waals surface area (Å²) < 4.78 is 0. The van der Waals surface area contributed by atoms with Crippen LogP contribution in [0, 0.1) is 0 Å². The molecule has 130 valence electrons. The smallest absolute Gasteiger partial charge is 0.0181 e. The molecule has 0 radical (unpaired) electrons. The molecule has 24 heavy (non-hydrogen) atoms. The molecule has 2 atom stereocenters. The fraction of sp³-hybridized carbons (Fsp3) is 0.500. The maximum absolute atomic E-state index is 2.40. The summed E-state index contributed by atoms with van der Waals surface area (Å²) in [4.78, 5) is 0. The van der Waals surface area contributed by atoms with Crippen molar-refractivity contribution in [2.24, 2.45) is 0 Å². The summed E-state index contributed by atoms with van der Waals surface area (Å²) in [6, 6.07) is 18.3. The third kappa shape index (κ3) is 5.23. The van der Waals surface area contributed by atoms with E-state index in [0.29, 0.717) is 11.8 Å². The summed E-state index contributed by atoms with van der Waals surface area (Å²) in [5.74, 6) is 1.30. The van der Waals surface area contributed by atoms with Crippen LogP contribution in [-0.2, 0) is 0 Å². The first-order valence-corrected chi connectivity index (χ1v) is 9.86. The number of hydrogen-bond donors (Lipinski definition) is 0. The minimum Gasteiger partial charge on any atom is -0.0654 e. The summed E-state index contributed by atoms with van der Waals surface area (Å²) in [7, 11) is 0. The Morgan fingerprint density at radius 1 is 0.667 bits per heavy atom. The van der Waals surface area contributed by atoms with Gasteiger partial charge >= 0.3 is 0 Å². The summed E-state index contributed by atoms with van der Waals surface area (Å²) >= 11 is 0. The second kappa shape index (κ2) is 9.67. The Bertz CT molecular complexity index is 555. The molecule has 0 spiro atoms. The molecule has 0 aromatic heterocycles. The molecule has 2 unspecified atom stereocenters. The molecular formula is C24H34. The van der Waals surface area contributed by atoms with Gasteiger partial charge in [-0.3, -0.25) is 0 Å². The average Bonchev–Trinajstić information content (AvgIpc) is 2.64. The van der Waals surface area contributed by atoms with Gasteiger partial charge in [-0.1, -0.05) is 102 Å². The van der Waals surface area contributed by atoms with Crippen molar-refractivity contribution in [3.63, 3.8) is 0 Å². The maximum atomic E-state index is 2.40. The molecule has 0 N–H and O–H groups in total. The van der Waals surface area contributed by atoms with E-state index in [0.717, 1.165) is 0 Å². The van der Waals surface area contributed by atoms with E-state index in [1.54, 1.807) is 0 Å². The Balaban J connectivity index is 2.19. The Kier molecular flexibility index (Phi) is 7.56. The third-order valence-corrected chi connectivity index (χ3v) is 5.23. The molecule has 0 saturated heterocycles. The van der Waals surface area contributed by atoms with Crippen molar-refractivity contribution in [2.45, 2.75) is 78.1 Å². The SMILES string of the molecule is CCCCC(C)c1cccc(-c2cccc(C(C)CCCC)c2)c1. The molecule has 0 saturated carbocycles. The van der Waals surface area contributed by atoms with Crippen LogP contribution in [0.2, 0.25) is 0 Å². The standard InChI is InChI=1S/C24H34/c1-5-7-11-19(3)21-13-9-15-23(17-21)24-16-10-14-22(18-24)20(4)12-8-6-2/h9-10,13-20H,5-8,11-12H2,1-4H3. The normalized spacial score (nSPS) is 13.7. The first-order chi connectivity index (χ1) is 11.7. The van der Waals surface area contributed by atoms with Gasteiger partial charge < -0.3 is 0 Å². The van der Waals surface area contributed by atoms with Crippen molar-refractivity contribution in [3.05, 3.63) is 59.7 Å². The number of benzene rings is 2. The molecular weight excluding hydrogens is 288 g/mol. The highest BCUT2D eigenvalue weighted by Crippen LogP contribution is 2.29. The van der Waals surface area contributed by atoms with Gasteiger partial charge in [-0.15, -0.1) is 0 Å². The summed E-state index contributed by atoms with van der Waals surface area (Å²) in [6.07, 6.45) is 7.76. The van der Waals surface area contributed by atoms with E-state index in [-0.39, 0.29) is 0 Å². The Labute approximate surface area is 149 Å². The third-order valence-electron chi connectivity index (χ3n) is 5.23. The fourth-order valence-corrected chi connectivity index (χ4v) is 3.40. The van der Waals surface area contributed by atoms with Gasteiger partial charge in [0.15, 0.2) is 0 Å². The fourth-order valence-electron chi connectivity index (χ4n) is 3.40. The monoisotopic (exact) mass is 322 g/mol. The molecule has 2 aromatic rings. The van der Waals surface area contributed by atoms with Crippen LogP contribution in [0.3, 0.4) is 0 Å². The first kappa shape index (κ1) is 18.8. The molecule has 2 rings (SSSR count). The average molecular weight is 323 g/mol. The molecule has 0 aliphatic heterocycles. The van der Waals surface area contributed by atoms with E-state index >= 15 is 0 Å². The number of rotatable bonds is 9. The predicted octanol–water partition coefficient (Wildman–Crippen LogP) is 7.94. The zero-order valence-electron chi connectivity index (χ0n) is 16.0. The molecule has 0 bridgehead atoms. The van der Waals surface area contributed by atoms with Crippen molar-refractivity contribution in [2.75, 3.05) is 0 Å². The molecule has 0 fully saturated rings. The van der Waals surface area contributed by atoms with Gasteiger partial charge in [-0.25, -0.2) is 0 Å². The van der Waals surface area contributed by atoms with E-state index in [4.69, 9.17) is 0 Å². The van der Waals surface area contributed by atoms with Gasteiger partial charge in [-0.2, -0.15) is 0 Å². The lowest BCUT2D eigenvalue weighted by Gasteiger charge is -2.15. The molecule has 0 heterocycles. The summed E-state index contributed by atoms with van der Waals surface area (Å²) in [6.45, 7) is 9.26. The van der Waals surface area contributed by atoms with Crippen molar-refractivity contribution in [3.8, 4) is 11.1 Å². The highest BCUT2D eigenvalue weighted by atomic mass is 14.1. The lowest BCUT2D eigenvalue weighted by molar-refractivity contribution is 0.624. The molecule has 0 amide bonds. The quantitative estimate of drug-likeness (QED) is 0.439. The topological polar surface area (TPSA) is 0 Å². The van der Waals surface area contributed by atoms with Crippen molar-refractivity contribution >= 4 is 0 Å². The molecule has 0 aliphatic rings. The van der Waals surface area contributed by atoms with E-state index in [1.807, 2.05) is 0 Å². The van der Waals surface area contributed by atoms with E-state index in [1.165, 1.54) is 60.8 Å². The largest absolute Gasteiger partial charge is 0.0654 e. The maximum Gasteiger partial charge on any atom is -0.0181 e. The summed E-state index contributed by atoms with van der Waals surface area (Å²) in [5.41, 5.74) is 5.68. The van der Waals surface area contributed by atoms with Crippen LogP contribution in [0.4, 0.5) is 0 Å². The minimum atomic E-state index is 0.650. The van der Waals surface area contributed by atoms with E-state index < -0.39 is 0 Å². The van der Waals surface area contributed by atoms with E-state index in [9.17, 15) is 0 Å². The molecule has 2 aromatic carbocycles. The second-order valence-corrected chi connectivity index (χ2v) is 7.34. The summed E-state index contributed by atoms with van der Waals surface area (Å²) in [5, 5.41) is 0. The van der Waals surface area contributed by atoms with Crippen LogP contribution < -0.4 is 0 Å². The van der Waals surface area contributed by atoms with Crippen LogP contribution in [0.25, 0.3) is 11.1 Å². The Hall–Kier alpha value is -1.56. The predicted molar refractivity (Wildman–Crippen MR) is 108 cm³/mol. The van der Waals surface area contributed by atoms with Crippen molar-refractivity contribution < 1.29 is 0 Å². The van der Waals surface area contributed by atoms with Crippen LogP contribution in [0.5, 0.6) is 0 Å². The van der Waals surface area contributed by atoms with Crippen LogP contribution in [0.1, 0.15) is 89.2 Å². The molecule has 0 nitrogen and oxygen atoms in total. The van der Waals surface area contributed by atoms with Gasteiger partial charge in [0.1, 0.15) is 0 Å². The zero-order valence-corrected chi connectivity index (χ0v) is 16.0. The van der Waals surface area contributed by atoms with Crippen molar-refractivity contribution in [1.82, 2.24) is 0 Å². The second-order valence-electron chi connectivity index (χ2n) is 7.34. The van der Waals surface area contributed by atoms with Gasteiger partial charge in [0.25, 0.3) is 0 Å². The lowest BCUT2D eigenvalue weighted by Crippen LogP contribution is -1.95. The lowest BCUT2D eigenvalue weighted by atomic mass is 9.90. The van der Waals surface area contributed by atoms with Gasteiger partial charge in [0.2, 0.25) is 0 Å². The minimum absolute atomic E-state index is 0.650. The van der Waals surface area contributed by atoms with Gasteiger partial charge in [0.05, 0.1) is 0 Å². The van der Waals surface area contributed by atoms with Crippen molar-refractivity contribution in [1.29, 1.82) is 0 Å². The van der Waals surface area contributed by atoms with Crippen LogP contribution in [0.15, 0.2) is 48.5 Å². The van der Waals surface area contributed by atoms with E-state index in [2.05, 4.69) is 76.2 Å². The number of unbranched alkanes of at least 4 members (excludes halogenated alkanes) is 2. The van der Waals surface area contributed by atoms with Gasteiger partial charge in [0, 0.05) is 0 Å². The number of hydrogen-bond acceptors (Lipinski definition) is 0. The molecule has 0 heteroatoms. The Morgan fingerprint density at radius 3 is 1.46 bits per heavy atom. The zero-order chi connectivity index (χ0) is 17.4. The van der Waals surface area contributed by atoms with Gasteiger partial charge in [-0.05, 0) is 46.9 Å². The first-order valence-electron chi connectivity index (χ1n) is 9.86.